The fraction of sp³-hybridized carbons (Fsp3) is 0.0556. The first-order valence-corrected chi connectivity index (χ1v) is 8.68. The van der Waals surface area contributed by atoms with Crippen molar-refractivity contribution >= 4 is 58.0 Å². The Morgan fingerprint density at radius 2 is 1.68 bits per heavy atom. The molecular weight excluding hydrogens is 404 g/mol. The maximum Gasteiger partial charge on any atom is 0.259 e. The third-order valence-electron chi connectivity index (χ3n) is 3.55. The van der Waals surface area contributed by atoms with Crippen LogP contribution in [0.2, 0.25) is 20.1 Å². The second-order valence-corrected chi connectivity index (χ2v) is 6.95. The smallest absolute Gasteiger partial charge is 0.259 e. The van der Waals surface area contributed by atoms with E-state index < -0.39 is 0 Å². The van der Waals surface area contributed by atoms with Crippen molar-refractivity contribution in [2.45, 2.75) is 6.92 Å². The van der Waals surface area contributed by atoms with Gasteiger partial charge in [-0.05, 0) is 49.4 Å². The van der Waals surface area contributed by atoms with Crippen LogP contribution in [-0.4, -0.2) is 5.91 Å². The van der Waals surface area contributed by atoms with Crippen molar-refractivity contribution in [1.82, 2.24) is 0 Å². The van der Waals surface area contributed by atoms with E-state index in [0.717, 1.165) is 5.56 Å². The number of benzene rings is 2. The van der Waals surface area contributed by atoms with Crippen LogP contribution in [0.3, 0.4) is 0 Å². The second kappa shape index (κ2) is 7.30. The zero-order chi connectivity index (χ0) is 18.1. The number of anilines is 1. The van der Waals surface area contributed by atoms with Crippen molar-refractivity contribution in [2.24, 2.45) is 0 Å². The van der Waals surface area contributed by atoms with E-state index in [9.17, 15) is 4.79 Å². The van der Waals surface area contributed by atoms with Crippen LogP contribution >= 0.6 is 46.4 Å². The minimum atomic E-state index is -0.336. The molecule has 0 saturated heterocycles. The predicted molar refractivity (Wildman–Crippen MR) is 103 cm³/mol. The molecule has 0 bridgehead atoms. The van der Waals surface area contributed by atoms with Gasteiger partial charge in [0.15, 0.2) is 0 Å². The number of rotatable bonds is 3. The molecule has 1 heterocycles. The fourth-order valence-corrected chi connectivity index (χ4v) is 3.03. The highest BCUT2D eigenvalue weighted by Gasteiger charge is 2.17. The third-order valence-corrected chi connectivity index (χ3v) is 4.83. The molecule has 0 atom stereocenters. The van der Waals surface area contributed by atoms with Gasteiger partial charge in [0.25, 0.3) is 5.91 Å². The zero-order valence-corrected chi connectivity index (χ0v) is 15.9. The molecule has 0 unspecified atom stereocenters. The number of hydrogen-bond acceptors (Lipinski definition) is 2. The molecule has 0 aliphatic rings. The lowest BCUT2D eigenvalue weighted by molar-refractivity contribution is 0.102. The Kier molecular flexibility index (Phi) is 5.30. The lowest BCUT2D eigenvalue weighted by atomic mass is 10.1. The molecule has 0 saturated carbocycles. The molecule has 0 aliphatic carbocycles. The highest BCUT2D eigenvalue weighted by atomic mass is 35.5. The van der Waals surface area contributed by atoms with Gasteiger partial charge in [-0.2, -0.15) is 0 Å². The van der Waals surface area contributed by atoms with Gasteiger partial charge in [0, 0.05) is 10.6 Å². The van der Waals surface area contributed by atoms with Crippen LogP contribution in [-0.2, 0) is 0 Å². The average molecular weight is 415 g/mol. The Bertz CT molecular complexity index is 966. The van der Waals surface area contributed by atoms with E-state index in [4.69, 9.17) is 50.8 Å². The number of aryl methyl sites for hydroxylation is 1. The van der Waals surface area contributed by atoms with Gasteiger partial charge in [-0.25, -0.2) is 0 Å². The first-order valence-electron chi connectivity index (χ1n) is 7.17. The van der Waals surface area contributed by atoms with Crippen LogP contribution in [0.1, 0.15) is 16.1 Å². The van der Waals surface area contributed by atoms with Crippen molar-refractivity contribution in [2.75, 3.05) is 5.32 Å². The number of halogens is 4. The summed E-state index contributed by atoms with van der Waals surface area (Å²) in [7, 11) is 0. The van der Waals surface area contributed by atoms with E-state index in [2.05, 4.69) is 5.32 Å². The number of carbonyl (C=O) groups is 1. The maximum atomic E-state index is 12.5. The van der Waals surface area contributed by atoms with Gasteiger partial charge >= 0.3 is 0 Å². The topological polar surface area (TPSA) is 42.2 Å². The molecule has 1 amide bonds. The van der Waals surface area contributed by atoms with Crippen LogP contribution in [0.15, 0.2) is 46.9 Å². The van der Waals surface area contributed by atoms with Crippen molar-refractivity contribution < 1.29 is 9.21 Å². The molecule has 3 aromatic rings. The number of hydrogen-bond donors (Lipinski definition) is 1. The summed E-state index contributed by atoms with van der Waals surface area (Å²) < 4.78 is 5.69. The van der Waals surface area contributed by atoms with Gasteiger partial charge in [-0.3, -0.25) is 4.79 Å². The summed E-state index contributed by atoms with van der Waals surface area (Å²) in [6.45, 7) is 1.71. The van der Waals surface area contributed by atoms with Gasteiger partial charge in [0.05, 0.1) is 26.3 Å². The summed E-state index contributed by atoms with van der Waals surface area (Å²) in [5.74, 6) is 0.656. The largest absolute Gasteiger partial charge is 0.461 e. The van der Waals surface area contributed by atoms with Crippen molar-refractivity contribution in [3.8, 4) is 11.3 Å². The van der Waals surface area contributed by atoms with Gasteiger partial charge < -0.3 is 9.73 Å². The molecule has 0 radical (unpaired) electrons. The van der Waals surface area contributed by atoms with E-state index in [0.29, 0.717) is 42.9 Å². The highest BCUT2D eigenvalue weighted by molar-refractivity contribution is 6.42. The third kappa shape index (κ3) is 3.96. The maximum absolute atomic E-state index is 12.5. The molecule has 0 fully saturated rings. The molecule has 25 heavy (non-hydrogen) atoms. The molecule has 2 aromatic carbocycles. The molecular formula is C18H11Cl4NO2. The summed E-state index contributed by atoms with van der Waals surface area (Å²) in [5, 5.41) is 4.44. The normalized spacial score (nSPS) is 10.8. The lowest BCUT2D eigenvalue weighted by Crippen LogP contribution is -2.12. The number of nitrogens with one attached hydrogen (secondary N) is 1. The first kappa shape index (κ1) is 18.2. The molecule has 1 aromatic heterocycles. The molecule has 1 N–H and O–H groups in total. The Labute approximate surface area is 164 Å². The average Bonchev–Trinajstić information content (AvgIpc) is 2.94. The van der Waals surface area contributed by atoms with Gasteiger partial charge in [-0.15, -0.1) is 0 Å². The molecule has 3 nitrogen and oxygen atoms in total. The van der Waals surface area contributed by atoms with Crippen molar-refractivity contribution in [1.29, 1.82) is 0 Å². The van der Waals surface area contributed by atoms with Crippen LogP contribution in [0.5, 0.6) is 0 Å². The van der Waals surface area contributed by atoms with Gasteiger partial charge in [0.1, 0.15) is 11.5 Å². The number of carbonyl (C=O) groups excluding carboxylic acids is 1. The van der Waals surface area contributed by atoms with Crippen molar-refractivity contribution in [3.05, 3.63) is 73.9 Å². The summed E-state index contributed by atoms with van der Waals surface area (Å²) in [4.78, 5) is 12.5. The molecule has 0 spiro atoms. The second-order valence-electron chi connectivity index (χ2n) is 5.29. The fourth-order valence-electron chi connectivity index (χ4n) is 2.28. The summed E-state index contributed by atoms with van der Waals surface area (Å²) in [6.07, 6.45) is 0. The van der Waals surface area contributed by atoms with Crippen molar-refractivity contribution in [3.63, 3.8) is 0 Å². The minimum absolute atomic E-state index is 0.336. The van der Waals surface area contributed by atoms with Crippen LogP contribution < -0.4 is 5.32 Å². The van der Waals surface area contributed by atoms with Gasteiger partial charge in [-0.1, -0.05) is 46.4 Å². The molecule has 7 heteroatoms. The standard InChI is InChI=1S/C18H11Cl4NO2/c1-9-12(18(24)23-16-5-3-11(19)7-15(16)22)8-17(25-9)10-2-4-13(20)14(21)6-10/h2-8H,1H3,(H,23,24). The highest BCUT2D eigenvalue weighted by Crippen LogP contribution is 2.32. The van der Waals surface area contributed by atoms with Crippen LogP contribution in [0.4, 0.5) is 5.69 Å². The molecule has 128 valence electrons. The van der Waals surface area contributed by atoms with Crippen LogP contribution in [0, 0.1) is 6.92 Å². The Balaban J connectivity index is 1.89. The van der Waals surface area contributed by atoms with E-state index in [1.165, 1.54) is 0 Å². The monoisotopic (exact) mass is 413 g/mol. The lowest BCUT2D eigenvalue weighted by Gasteiger charge is -2.06. The quantitative estimate of drug-likeness (QED) is 0.495. The summed E-state index contributed by atoms with van der Waals surface area (Å²) in [6, 6.07) is 11.6. The minimum Gasteiger partial charge on any atom is -0.461 e. The Hall–Kier alpha value is -1.65. The van der Waals surface area contributed by atoms with E-state index in [-0.39, 0.29) is 5.91 Å². The SMILES string of the molecule is Cc1oc(-c2ccc(Cl)c(Cl)c2)cc1C(=O)Nc1ccc(Cl)cc1Cl. The van der Waals surface area contributed by atoms with E-state index in [1.807, 2.05) is 0 Å². The number of amides is 1. The number of furan rings is 1. The first-order chi connectivity index (χ1) is 11.8. The van der Waals surface area contributed by atoms with E-state index in [1.54, 1.807) is 49.4 Å². The summed E-state index contributed by atoms with van der Waals surface area (Å²) >= 11 is 23.9. The molecule has 3 rings (SSSR count). The van der Waals surface area contributed by atoms with Crippen LogP contribution in [0.25, 0.3) is 11.3 Å². The summed E-state index contributed by atoms with van der Waals surface area (Å²) in [5.41, 5.74) is 1.58. The Morgan fingerprint density at radius 3 is 2.36 bits per heavy atom. The molecule has 0 aliphatic heterocycles. The zero-order valence-electron chi connectivity index (χ0n) is 12.9. The predicted octanol–water partition coefficient (Wildman–Crippen LogP) is 7.12. The van der Waals surface area contributed by atoms with Gasteiger partial charge in [0.2, 0.25) is 0 Å². The van der Waals surface area contributed by atoms with E-state index >= 15 is 0 Å². The Morgan fingerprint density at radius 1 is 0.920 bits per heavy atom.